The Morgan fingerprint density at radius 3 is 2.65 bits per heavy atom. The standard InChI is InChI=1S/C10H17N7O8S/c11-5-2-8-6(14-5)4(1-10(20,21)15-26(23,24)25)16(22)7(12)17(8)13-3-9(8,18)19/h3-4,6,15,18-21H,1-2,12H2,(H2,11,14)(H,23,24,25)/t4-,6+,8?/m1/s1. The van der Waals surface area contributed by atoms with Gasteiger partial charge in [0.1, 0.15) is 18.3 Å². The Labute approximate surface area is 146 Å². The summed E-state index contributed by atoms with van der Waals surface area (Å²) in [5, 5.41) is 57.3. The fourth-order valence-corrected chi connectivity index (χ4v) is 4.06. The third-order valence-corrected chi connectivity index (χ3v) is 5.09. The van der Waals surface area contributed by atoms with Crippen molar-refractivity contribution in [3.05, 3.63) is 5.21 Å². The average Bonchev–Trinajstić information content (AvgIpc) is 2.91. The second kappa shape index (κ2) is 5.22. The number of aliphatic hydroxyl groups is 4. The average molecular weight is 395 g/mol. The van der Waals surface area contributed by atoms with Crippen LogP contribution >= 0.6 is 0 Å². The van der Waals surface area contributed by atoms with Gasteiger partial charge in [0.2, 0.25) is 17.2 Å². The molecule has 0 amide bonds. The summed E-state index contributed by atoms with van der Waals surface area (Å²) in [6.07, 6.45) is -0.603. The van der Waals surface area contributed by atoms with E-state index in [9.17, 15) is 34.1 Å². The summed E-state index contributed by atoms with van der Waals surface area (Å²) in [5.41, 5.74) is 9.55. The zero-order valence-electron chi connectivity index (χ0n) is 13.0. The Morgan fingerprint density at radius 1 is 1.46 bits per heavy atom. The van der Waals surface area contributed by atoms with Crippen molar-refractivity contribution in [3.63, 3.8) is 0 Å². The number of nitrogens with zero attached hydrogens (tertiary/aromatic N) is 4. The van der Waals surface area contributed by atoms with E-state index in [-0.39, 0.29) is 17.0 Å². The van der Waals surface area contributed by atoms with E-state index in [2.05, 4.69) is 10.1 Å². The fraction of sp³-hybridized carbons (Fsp3) is 0.700. The number of hydroxylamine groups is 1. The Morgan fingerprint density at radius 2 is 2.08 bits per heavy atom. The van der Waals surface area contributed by atoms with Gasteiger partial charge in [0.25, 0.3) is 0 Å². The van der Waals surface area contributed by atoms with Crippen LogP contribution in [0.4, 0.5) is 0 Å². The molecule has 3 rings (SSSR count). The Hall–Kier alpha value is -2.08. The lowest BCUT2D eigenvalue weighted by atomic mass is 9.76. The smallest absolute Gasteiger partial charge is 0.371 e. The first kappa shape index (κ1) is 18.7. The van der Waals surface area contributed by atoms with Gasteiger partial charge < -0.3 is 31.4 Å². The summed E-state index contributed by atoms with van der Waals surface area (Å²) < 4.78 is 31.6. The van der Waals surface area contributed by atoms with Crippen LogP contribution in [0.5, 0.6) is 0 Å². The van der Waals surface area contributed by atoms with Crippen molar-refractivity contribution in [2.24, 2.45) is 21.6 Å². The minimum Gasteiger partial charge on any atom is -0.744 e. The molecule has 0 aromatic rings. The zero-order valence-corrected chi connectivity index (χ0v) is 13.8. The molecule has 146 valence electrons. The van der Waals surface area contributed by atoms with E-state index >= 15 is 0 Å². The number of guanidine groups is 1. The fourth-order valence-electron chi connectivity index (χ4n) is 3.56. The van der Waals surface area contributed by atoms with Crippen LogP contribution in [-0.2, 0) is 10.3 Å². The number of nitrogens with one attached hydrogen (secondary N) is 1. The normalized spacial score (nSPS) is 33.3. The van der Waals surface area contributed by atoms with Crippen molar-refractivity contribution in [2.75, 3.05) is 0 Å². The summed E-state index contributed by atoms with van der Waals surface area (Å²) in [6, 6.07) is -2.98. The van der Waals surface area contributed by atoms with E-state index in [1.807, 2.05) is 0 Å². The first-order valence-corrected chi connectivity index (χ1v) is 8.56. The highest BCUT2D eigenvalue weighted by molar-refractivity contribution is 7.83. The van der Waals surface area contributed by atoms with Crippen LogP contribution in [-0.4, -0.2) is 90.5 Å². The molecule has 16 heteroatoms. The minimum absolute atomic E-state index is 0.0661. The van der Waals surface area contributed by atoms with E-state index in [0.717, 1.165) is 15.9 Å². The van der Waals surface area contributed by atoms with Crippen LogP contribution < -0.4 is 16.2 Å². The maximum Gasteiger partial charge on any atom is 0.371 e. The van der Waals surface area contributed by atoms with Crippen LogP contribution in [0.25, 0.3) is 0 Å². The molecule has 1 spiro atoms. The van der Waals surface area contributed by atoms with Gasteiger partial charge in [-0.1, -0.05) is 0 Å². The molecular weight excluding hydrogens is 378 g/mol. The number of hydrogen-bond acceptors (Lipinski definition) is 12. The Bertz CT molecular complexity index is 836. The lowest BCUT2D eigenvalue weighted by molar-refractivity contribution is -0.534. The molecule has 0 fully saturated rings. The molecule has 0 aromatic heterocycles. The largest absolute Gasteiger partial charge is 0.744 e. The number of hydrazone groups is 1. The van der Waals surface area contributed by atoms with E-state index < -0.39 is 52.0 Å². The molecule has 0 saturated heterocycles. The third kappa shape index (κ3) is 2.58. The molecule has 3 aliphatic heterocycles. The number of nitrogens with two attached hydrogens (primary N) is 2. The van der Waals surface area contributed by atoms with Gasteiger partial charge in [-0.25, -0.2) is 0 Å². The van der Waals surface area contributed by atoms with Gasteiger partial charge in [0, 0.05) is 0 Å². The van der Waals surface area contributed by atoms with Crippen LogP contribution in [0.2, 0.25) is 0 Å². The van der Waals surface area contributed by atoms with Gasteiger partial charge >= 0.3 is 16.3 Å². The molecule has 1 unspecified atom stereocenters. The van der Waals surface area contributed by atoms with Gasteiger partial charge in [-0.3, -0.25) is 20.0 Å². The van der Waals surface area contributed by atoms with Crippen LogP contribution in [0.15, 0.2) is 10.1 Å². The number of hydrogen-bond donors (Lipinski definition) is 8. The monoisotopic (exact) mass is 395 g/mol. The van der Waals surface area contributed by atoms with Crippen LogP contribution in [0.3, 0.4) is 0 Å². The van der Waals surface area contributed by atoms with Crippen LogP contribution in [0, 0.1) is 5.21 Å². The Kier molecular flexibility index (Phi) is 3.76. The molecule has 3 aliphatic rings. The molecule has 0 aliphatic carbocycles. The summed E-state index contributed by atoms with van der Waals surface area (Å²) in [4.78, 5) is 3.97. The first-order valence-electron chi connectivity index (χ1n) is 7.12. The first-order chi connectivity index (χ1) is 11.7. The lowest BCUT2D eigenvalue weighted by Crippen LogP contribution is -2.74. The van der Waals surface area contributed by atoms with Crippen molar-refractivity contribution < 1.29 is 38.1 Å². The van der Waals surface area contributed by atoms with Gasteiger partial charge in [-0.15, -0.1) is 14.8 Å². The van der Waals surface area contributed by atoms with Crippen molar-refractivity contribution in [3.8, 4) is 0 Å². The maximum atomic E-state index is 12.5. The van der Waals surface area contributed by atoms with E-state index in [1.165, 1.54) is 0 Å². The molecule has 10 N–H and O–H groups in total. The molecule has 0 saturated carbocycles. The lowest BCUT2D eigenvalue weighted by Gasteiger charge is -2.47. The van der Waals surface area contributed by atoms with Crippen molar-refractivity contribution in [2.45, 2.75) is 42.2 Å². The molecule has 0 bridgehead atoms. The molecular formula is C10H17N7O8S. The zero-order chi connectivity index (χ0) is 19.7. The molecule has 3 heterocycles. The second-order valence-corrected chi connectivity index (χ2v) is 7.45. The van der Waals surface area contributed by atoms with Crippen molar-refractivity contribution >= 4 is 28.3 Å². The third-order valence-electron chi connectivity index (χ3n) is 4.51. The second-order valence-electron chi connectivity index (χ2n) is 6.30. The van der Waals surface area contributed by atoms with Crippen molar-refractivity contribution in [1.82, 2.24) is 9.73 Å². The predicted octanol–water partition coefficient (Wildman–Crippen LogP) is -5.53. The summed E-state index contributed by atoms with van der Waals surface area (Å²) in [7, 11) is -5.04. The maximum absolute atomic E-state index is 12.5. The summed E-state index contributed by atoms with van der Waals surface area (Å²) >= 11 is 0. The van der Waals surface area contributed by atoms with E-state index in [4.69, 9.17) is 16.0 Å². The topological polar surface area (TPSA) is 253 Å². The SMILES string of the molecule is NC1=N[C@H]2[C@@H](CC(O)(O)NS(=O)(=O)O)[N+]([O-])=C(N)N3N=CC(O)(O)C23C1. The quantitative estimate of drug-likeness (QED) is 0.0963. The predicted molar refractivity (Wildman–Crippen MR) is 83.3 cm³/mol. The van der Waals surface area contributed by atoms with Crippen LogP contribution in [0.1, 0.15) is 12.8 Å². The Balaban J connectivity index is 2.06. The number of aliphatic imine (C=N–C) groups is 1. The van der Waals surface area contributed by atoms with Gasteiger partial charge in [-0.05, 0) is 0 Å². The summed E-state index contributed by atoms with van der Waals surface area (Å²) in [5.74, 6) is -6.61. The molecule has 26 heavy (non-hydrogen) atoms. The van der Waals surface area contributed by atoms with E-state index in [1.54, 1.807) is 0 Å². The number of amidine groups is 1. The van der Waals surface area contributed by atoms with Gasteiger partial charge in [-0.2, -0.15) is 8.42 Å². The highest BCUT2D eigenvalue weighted by Crippen LogP contribution is 2.46. The highest BCUT2D eigenvalue weighted by atomic mass is 32.2. The molecule has 0 aromatic carbocycles. The van der Waals surface area contributed by atoms with Gasteiger partial charge in [0.15, 0.2) is 0 Å². The minimum atomic E-state index is -5.04. The molecule has 15 nitrogen and oxygen atoms in total. The van der Waals surface area contributed by atoms with Crippen molar-refractivity contribution in [1.29, 1.82) is 0 Å². The van der Waals surface area contributed by atoms with Gasteiger partial charge in [0.05, 0.1) is 18.7 Å². The summed E-state index contributed by atoms with van der Waals surface area (Å²) in [6.45, 7) is 0. The highest BCUT2D eigenvalue weighted by Gasteiger charge is 2.73. The van der Waals surface area contributed by atoms with E-state index in [0.29, 0.717) is 0 Å². The number of rotatable bonds is 4. The molecule has 0 radical (unpaired) electrons. The molecule has 3 atom stereocenters.